The molecule has 1 aromatic heterocycles. The van der Waals surface area contributed by atoms with Gasteiger partial charge in [-0.15, -0.1) is 0 Å². The summed E-state index contributed by atoms with van der Waals surface area (Å²) in [5.41, 5.74) is 1.44. The molecule has 2 aromatic rings. The van der Waals surface area contributed by atoms with Gasteiger partial charge in [-0.2, -0.15) is 0 Å². The van der Waals surface area contributed by atoms with Gasteiger partial charge in [0, 0.05) is 22.8 Å². The lowest BCUT2D eigenvalue weighted by atomic mass is 10.1. The first-order valence-electron chi connectivity index (χ1n) is 8.16. The second-order valence-electron chi connectivity index (χ2n) is 5.45. The van der Waals surface area contributed by atoms with Crippen molar-refractivity contribution in [1.29, 1.82) is 0 Å². The third-order valence-corrected chi connectivity index (χ3v) is 4.30. The van der Waals surface area contributed by atoms with E-state index in [-0.39, 0.29) is 12.5 Å². The highest BCUT2D eigenvalue weighted by Gasteiger charge is 2.24. The lowest BCUT2D eigenvalue weighted by Crippen LogP contribution is -2.34. The van der Waals surface area contributed by atoms with E-state index in [0.29, 0.717) is 36.0 Å². The minimum absolute atomic E-state index is 0.107. The number of pyridine rings is 1. The van der Waals surface area contributed by atoms with Crippen molar-refractivity contribution in [1.82, 2.24) is 4.98 Å². The molecule has 0 spiro atoms. The van der Waals surface area contributed by atoms with Crippen LogP contribution in [-0.4, -0.2) is 30.6 Å². The van der Waals surface area contributed by atoms with Gasteiger partial charge in [0.25, 0.3) is 5.91 Å². The van der Waals surface area contributed by atoms with Gasteiger partial charge in [0.15, 0.2) is 11.5 Å². The normalized spacial score (nSPS) is 12.7. The molecule has 1 aliphatic heterocycles. The van der Waals surface area contributed by atoms with Crippen molar-refractivity contribution in [2.75, 3.05) is 24.7 Å². The van der Waals surface area contributed by atoms with Crippen LogP contribution in [0.2, 0.25) is 0 Å². The summed E-state index contributed by atoms with van der Waals surface area (Å²) in [5, 5.41) is 0. The van der Waals surface area contributed by atoms with E-state index in [1.54, 1.807) is 11.1 Å². The first-order valence-corrected chi connectivity index (χ1v) is 8.96. The SMILES string of the molecule is CCOc1cccc2c1OCC(C(=O)N(CC)c1ccc(Br)cn1)=C2. The number of hydrogen-bond acceptors (Lipinski definition) is 4. The molecule has 25 heavy (non-hydrogen) atoms. The third-order valence-electron chi connectivity index (χ3n) is 3.84. The van der Waals surface area contributed by atoms with E-state index < -0.39 is 0 Å². The molecule has 0 atom stereocenters. The number of amides is 1. The quantitative estimate of drug-likeness (QED) is 0.755. The molecular weight excluding hydrogens is 384 g/mol. The molecule has 6 heteroatoms. The second kappa shape index (κ2) is 7.70. The summed E-state index contributed by atoms with van der Waals surface area (Å²) in [6.07, 6.45) is 3.55. The van der Waals surface area contributed by atoms with Crippen LogP contribution in [0.3, 0.4) is 0 Å². The second-order valence-corrected chi connectivity index (χ2v) is 6.37. The van der Waals surface area contributed by atoms with Crippen molar-refractivity contribution in [3.63, 3.8) is 0 Å². The van der Waals surface area contributed by atoms with Gasteiger partial charge in [-0.3, -0.25) is 9.69 Å². The Morgan fingerprint density at radius 1 is 1.32 bits per heavy atom. The third kappa shape index (κ3) is 3.69. The molecule has 1 amide bonds. The highest BCUT2D eigenvalue weighted by Crippen LogP contribution is 2.36. The number of nitrogens with zero attached hydrogens (tertiary/aromatic N) is 2. The Kier molecular flexibility index (Phi) is 5.38. The number of hydrogen-bond donors (Lipinski definition) is 0. The lowest BCUT2D eigenvalue weighted by Gasteiger charge is -2.25. The smallest absolute Gasteiger partial charge is 0.258 e. The Bertz CT molecular complexity index is 803. The zero-order valence-corrected chi connectivity index (χ0v) is 15.7. The maximum atomic E-state index is 12.9. The molecule has 5 nitrogen and oxygen atoms in total. The number of carbonyl (C=O) groups is 1. The molecule has 0 unspecified atom stereocenters. The van der Waals surface area contributed by atoms with Gasteiger partial charge in [-0.1, -0.05) is 12.1 Å². The maximum absolute atomic E-state index is 12.9. The number of ether oxygens (including phenoxy) is 2. The predicted octanol–water partition coefficient (Wildman–Crippen LogP) is 4.07. The molecule has 0 aliphatic carbocycles. The van der Waals surface area contributed by atoms with Crippen LogP contribution in [0.25, 0.3) is 6.08 Å². The van der Waals surface area contributed by atoms with Crippen LogP contribution < -0.4 is 14.4 Å². The van der Waals surface area contributed by atoms with Gasteiger partial charge in [0.2, 0.25) is 0 Å². The summed E-state index contributed by atoms with van der Waals surface area (Å²) in [6, 6.07) is 9.36. The Morgan fingerprint density at radius 2 is 2.16 bits per heavy atom. The van der Waals surface area contributed by atoms with Crippen LogP contribution in [0.5, 0.6) is 11.5 Å². The number of carbonyl (C=O) groups excluding carboxylic acids is 1. The topological polar surface area (TPSA) is 51.7 Å². The van der Waals surface area contributed by atoms with E-state index in [0.717, 1.165) is 10.0 Å². The van der Waals surface area contributed by atoms with Crippen LogP contribution in [0.15, 0.2) is 46.6 Å². The van der Waals surface area contributed by atoms with Crippen molar-refractivity contribution >= 4 is 33.7 Å². The van der Waals surface area contributed by atoms with E-state index in [4.69, 9.17) is 9.47 Å². The van der Waals surface area contributed by atoms with Crippen LogP contribution in [0.1, 0.15) is 19.4 Å². The van der Waals surface area contributed by atoms with E-state index in [1.807, 2.05) is 50.3 Å². The van der Waals surface area contributed by atoms with Gasteiger partial charge in [0.05, 0.1) is 12.2 Å². The molecule has 3 rings (SSSR count). The zero-order chi connectivity index (χ0) is 17.8. The summed E-state index contributed by atoms with van der Waals surface area (Å²) >= 11 is 3.36. The average Bonchev–Trinajstić information content (AvgIpc) is 2.64. The number of likely N-dealkylation sites (N-methyl/N-ethyl adjacent to an activating group) is 1. The van der Waals surface area contributed by atoms with Crippen molar-refractivity contribution in [3.8, 4) is 11.5 Å². The number of rotatable bonds is 5. The molecule has 130 valence electrons. The Hall–Kier alpha value is -2.34. The Balaban J connectivity index is 1.89. The first-order chi connectivity index (χ1) is 12.1. The van der Waals surface area contributed by atoms with Crippen molar-refractivity contribution in [2.24, 2.45) is 0 Å². The molecule has 0 radical (unpaired) electrons. The average molecular weight is 403 g/mol. The van der Waals surface area contributed by atoms with Gasteiger partial charge in [-0.05, 0) is 54.1 Å². The summed E-state index contributed by atoms with van der Waals surface area (Å²) in [5.74, 6) is 1.89. The molecule has 0 fully saturated rings. The number of para-hydroxylation sites is 1. The van der Waals surface area contributed by atoms with Gasteiger partial charge < -0.3 is 9.47 Å². The van der Waals surface area contributed by atoms with E-state index in [9.17, 15) is 4.79 Å². The molecule has 0 N–H and O–H groups in total. The van der Waals surface area contributed by atoms with Gasteiger partial charge >= 0.3 is 0 Å². The summed E-state index contributed by atoms with van der Waals surface area (Å²) in [7, 11) is 0. The molecule has 0 saturated heterocycles. The fourth-order valence-corrected chi connectivity index (χ4v) is 2.92. The predicted molar refractivity (Wildman–Crippen MR) is 101 cm³/mol. The Labute approximate surface area is 155 Å². The summed E-state index contributed by atoms with van der Waals surface area (Å²) in [6.45, 7) is 5.15. The lowest BCUT2D eigenvalue weighted by molar-refractivity contribution is -0.115. The number of aromatic nitrogens is 1. The minimum Gasteiger partial charge on any atom is -0.490 e. The first kappa shape index (κ1) is 17.5. The number of benzene rings is 1. The minimum atomic E-state index is -0.107. The monoisotopic (exact) mass is 402 g/mol. The van der Waals surface area contributed by atoms with E-state index in [2.05, 4.69) is 20.9 Å². The fraction of sp³-hybridized carbons (Fsp3) is 0.263. The number of anilines is 1. The van der Waals surface area contributed by atoms with E-state index in [1.165, 1.54) is 0 Å². The zero-order valence-electron chi connectivity index (χ0n) is 14.2. The molecule has 1 aliphatic rings. The largest absolute Gasteiger partial charge is 0.490 e. The van der Waals surface area contributed by atoms with Gasteiger partial charge in [-0.25, -0.2) is 4.98 Å². The molecular formula is C19H19BrN2O3. The maximum Gasteiger partial charge on any atom is 0.258 e. The van der Waals surface area contributed by atoms with Crippen molar-refractivity contribution < 1.29 is 14.3 Å². The van der Waals surface area contributed by atoms with Crippen LogP contribution >= 0.6 is 15.9 Å². The summed E-state index contributed by atoms with van der Waals surface area (Å²) < 4.78 is 12.3. The molecule has 0 saturated carbocycles. The van der Waals surface area contributed by atoms with Gasteiger partial charge in [0.1, 0.15) is 12.4 Å². The molecule has 0 bridgehead atoms. The van der Waals surface area contributed by atoms with Crippen LogP contribution in [0, 0.1) is 0 Å². The Morgan fingerprint density at radius 3 is 2.84 bits per heavy atom. The highest BCUT2D eigenvalue weighted by atomic mass is 79.9. The number of halogens is 1. The number of fused-ring (bicyclic) bond motifs is 1. The summed E-state index contributed by atoms with van der Waals surface area (Å²) in [4.78, 5) is 18.9. The fourth-order valence-electron chi connectivity index (χ4n) is 2.68. The van der Waals surface area contributed by atoms with Crippen molar-refractivity contribution in [2.45, 2.75) is 13.8 Å². The van der Waals surface area contributed by atoms with Crippen molar-refractivity contribution in [3.05, 3.63) is 52.1 Å². The van der Waals surface area contributed by atoms with Crippen LogP contribution in [-0.2, 0) is 4.79 Å². The van der Waals surface area contributed by atoms with Crippen LogP contribution in [0.4, 0.5) is 5.82 Å². The van der Waals surface area contributed by atoms with E-state index >= 15 is 0 Å². The molecule has 2 heterocycles. The highest BCUT2D eigenvalue weighted by molar-refractivity contribution is 9.10. The standard InChI is InChI=1S/C19H19BrN2O3/c1-3-22(17-9-8-15(20)11-21-17)19(23)14-10-13-6-5-7-16(24-4-2)18(13)25-12-14/h5-11H,3-4,12H2,1-2H3. The molecule has 1 aromatic carbocycles.